The van der Waals surface area contributed by atoms with E-state index in [2.05, 4.69) is 4.99 Å². The summed E-state index contributed by atoms with van der Waals surface area (Å²) in [5, 5.41) is 0.195. The second kappa shape index (κ2) is 7.96. The lowest BCUT2D eigenvalue weighted by molar-refractivity contribution is -0.117. The number of hydrogen-bond acceptors (Lipinski definition) is 5. The third-order valence-electron chi connectivity index (χ3n) is 5.09. The van der Waals surface area contributed by atoms with Gasteiger partial charge in [-0.2, -0.15) is 4.99 Å². The van der Waals surface area contributed by atoms with Crippen LogP contribution in [0, 0.1) is 5.82 Å². The molecule has 0 unspecified atom stereocenters. The summed E-state index contributed by atoms with van der Waals surface area (Å²) in [6, 6.07) is 12.2. The number of Topliss-reactive ketones (excluding diaryl/α,β-unsaturated/α-hetero) is 1. The maximum atomic E-state index is 13.1. The minimum absolute atomic E-state index is 0.0132. The first-order chi connectivity index (χ1) is 14.2. The van der Waals surface area contributed by atoms with Crippen molar-refractivity contribution in [2.24, 2.45) is 4.99 Å². The highest BCUT2D eigenvalue weighted by molar-refractivity contribution is 8.16. The number of carbonyl (C=O) groups excluding carboxylic acids is 2. The Balaban J connectivity index is 1.66. The summed E-state index contributed by atoms with van der Waals surface area (Å²) in [7, 11) is -3.18. The molecule has 0 N–H and O–H groups in total. The van der Waals surface area contributed by atoms with E-state index < -0.39 is 15.7 Å². The minimum atomic E-state index is -3.18. The van der Waals surface area contributed by atoms with Crippen LogP contribution < -0.4 is 4.90 Å². The van der Waals surface area contributed by atoms with Gasteiger partial charge in [-0.3, -0.25) is 9.59 Å². The Morgan fingerprint density at radius 2 is 1.90 bits per heavy atom. The molecule has 2 fully saturated rings. The molecule has 4 rings (SSSR count). The highest BCUT2D eigenvalue weighted by atomic mass is 32.2. The number of aliphatic imine (C=N–C) groups is 1. The summed E-state index contributed by atoms with van der Waals surface area (Å²) in [5.74, 6) is -0.893. The Hall–Kier alpha value is -2.52. The molecule has 6 nitrogen and oxygen atoms in total. The third-order valence-corrected chi connectivity index (χ3v) is 8.30. The van der Waals surface area contributed by atoms with Gasteiger partial charge in [0, 0.05) is 16.5 Å². The number of carbonyl (C=O) groups is 2. The van der Waals surface area contributed by atoms with Crippen molar-refractivity contribution in [1.29, 1.82) is 0 Å². The molecule has 2 aliphatic rings. The number of rotatable bonds is 4. The van der Waals surface area contributed by atoms with Gasteiger partial charge in [-0.1, -0.05) is 36.0 Å². The molecule has 0 radical (unpaired) electrons. The van der Waals surface area contributed by atoms with Gasteiger partial charge in [-0.05, 0) is 36.8 Å². The number of anilines is 1. The number of benzene rings is 2. The molecule has 2 heterocycles. The average Bonchev–Trinajstić information content (AvgIpc) is 3.14. The molecule has 2 saturated heterocycles. The van der Waals surface area contributed by atoms with Gasteiger partial charge in [0.2, 0.25) is 0 Å². The monoisotopic (exact) mass is 446 g/mol. The van der Waals surface area contributed by atoms with Crippen LogP contribution in [0.25, 0.3) is 0 Å². The molecular formula is C21H19FN2O4S2. The van der Waals surface area contributed by atoms with Crippen molar-refractivity contribution in [3.8, 4) is 0 Å². The van der Waals surface area contributed by atoms with Crippen molar-refractivity contribution in [3.63, 3.8) is 0 Å². The minimum Gasteiger partial charge on any atom is -0.316 e. The summed E-state index contributed by atoms with van der Waals surface area (Å²) in [6.07, 6.45) is 0.0132. The number of amidine groups is 1. The van der Waals surface area contributed by atoms with Crippen molar-refractivity contribution in [3.05, 3.63) is 65.5 Å². The van der Waals surface area contributed by atoms with Crippen molar-refractivity contribution >= 4 is 44.1 Å². The lowest BCUT2D eigenvalue weighted by Crippen LogP contribution is -2.37. The number of fused-ring (bicyclic) bond motifs is 1. The Morgan fingerprint density at radius 3 is 2.60 bits per heavy atom. The van der Waals surface area contributed by atoms with E-state index in [1.54, 1.807) is 29.2 Å². The second-order valence-electron chi connectivity index (χ2n) is 7.37. The Morgan fingerprint density at radius 1 is 1.17 bits per heavy atom. The predicted molar refractivity (Wildman–Crippen MR) is 115 cm³/mol. The van der Waals surface area contributed by atoms with E-state index in [1.807, 2.05) is 0 Å². The second-order valence-corrected chi connectivity index (χ2v) is 10.7. The molecule has 0 bridgehead atoms. The number of ketones is 1. The first kappa shape index (κ1) is 20.7. The van der Waals surface area contributed by atoms with Gasteiger partial charge in [0.15, 0.2) is 20.8 Å². The zero-order valence-corrected chi connectivity index (χ0v) is 17.7. The highest BCUT2D eigenvalue weighted by Gasteiger charge is 2.49. The van der Waals surface area contributed by atoms with Gasteiger partial charge in [-0.15, -0.1) is 0 Å². The summed E-state index contributed by atoms with van der Waals surface area (Å²) in [4.78, 5) is 30.4. The first-order valence-corrected chi connectivity index (χ1v) is 12.1. The quantitative estimate of drug-likeness (QED) is 0.672. The SMILES string of the molecule is CC(=O)c1cccc(N2C(=NC(=O)Cc3ccc(F)cc3)S[C@@H]3CS(=O)(=O)C[C@H]32)c1. The molecule has 30 heavy (non-hydrogen) atoms. The van der Waals surface area contributed by atoms with Crippen LogP contribution in [0.5, 0.6) is 0 Å². The molecule has 0 aliphatic carbocycles. The van der Waals surface area contributed by atoms with Gasteiger partial charge in [0.05, 0.1) is 24.0 Å². The molecular weight excluding hydrogens is 427 g/mol. The summed E-state index contributed by atoms with van der Waals surface area (Å²) < 4.78 is 37.4. The standard InChI is InChI=1S/C21H19FN2O4S2/c1-13(25)15-3-2-4-17(10-15)24-18-11-30(27,28)12-19(18)29-21(24)23-20(26)9-14-5-7-16(22)8-6-14/h2-8,10,18-19H,9,11-12H2,1H3/t18-,19-/m1/s1. The van der Waals surface area contributed by atoms with E-state index in [4.69, 9.17) is 0 Å². The van der Waals surface area contributed by atoms with E-state index in [9.17, 15) is 22.4 Å². The van der Waals surface area contributed by atoms with Crippen LogP contribution in [0.1, 0.15) is 22.8 Å². The average molecular weight is 447 g/mol. The van der Waals surface area contributed by atoms with Gasteiger partial charge in [0.1, 0.15) is 5.82 Å². The number of hydrogen-bond donors (Lipinski definition) is 0. The number of amides is 1. The Bertz CT molecular complexity index is 1150. The number of halogens is 1. The Kier molecular flexibility index (Phi) is 5.50. The number of sulfone groups is 1. The van der Waals surface area contributed by atoms with Gasteiger partial charge >= 0.3 is 0 Å². The summed E-state index contributed by atoms with van der Waals surface area (Å²) in [6.45, 7) is 1.46. The first-order valence-electron chi connectivity index (χ1n) is 9.35. The maximum Gasteiger partial charge on any atom is 0.252 e. The number of nitrogens with zero attached hydrogens (tertiary/aromatic N) is 2. The maximum absolute atomic E-state index is 13.1. The topological polar surface area (TPSA) is 83.9 Å². The van der Waals surface area contributed by atoms with Gasteiger partial charge in [-0.25, -0.2) is 12.8 Å². The van der Waals surface area contributed by atoms with Crippen LogP contribution in [0.15, 0.2) is 53.5 Å². The lowest BCUT2D eigenvalue weighted by Gasteiger charge is -2.24. The molecule has 1 amide bonds. The summed E-state index contributed by atoms with van der Waals surface area (Å²) >= 11 is 1.27. The number of thioether (sulfide) groups is 1. The van der Waals surface area contributed by atoms with E-state index in [-0.39, 0.29) is 40.8 Å². The van der Waals surface area contributed by atoms with Crippen molar-refractivity contribution < 1.29 is 22.4 Å². The van der Waals surface area contributed by atoms with Crippen LogP contribution in [-0.2, 0) is 21.1 Å². The van der Waals surface area contributed by atoms with Crippen LogP contribution in [0.2, 0.25) is 0 Å². The summed E-state index contributed by atoms with van der Waals surface area (Å²) in [5.41, 5.74) is 1.77. The van der Waals surface area contributed by atoms with E-state index in [0.29, 0.717) is 22.0 Å². The van der Waals surface area contributed by atoms with E-state index in [1.165, 1.54) is 43.0 Å². The molecule has 2 atom stereocenters. The largest absolute Gasteiger partial charge is 0.316 e. The lowest BCUT2D eigenvalue weighted by atomic mass is 10.1. The van der Waals surface area contributed by atoms with Gasteiger partial charge < -0.3 is 4.90 Å². The van der Waals surface area contributed by atoms with Crippen molar-refractivity contribution in [2.45, 2.75) is 24.6 Å². The molecule has 9 heteroatoms. The molecule has 2 aromatic carbocycles. The van der Waals surface area contributed by atoms with Crippen LogP contribution in [-0.4, -0.2) is 48.1 Å². The third kappa shape index (κ3) is 4.32. The van der Waals surface area contributed by atoms with Crippen molar-refractivity contribution in [2.75, 3.05) is 16.4 Å². The smallest absolute Gasteiger partial charge is 0.252 e. The van der Waals surface area contributed by atoms with Crippen LogP contribution in [0.3, 0.4) is 0 Å². The van der Waals surface area contributed by atoms with E-state index >= 15 is 0 Å². The molecule has 156 valence electrons. The zero-order valence-electron chi connectivity index (χ0n) is 16.1. The molecule has 0 aromatic heterocycles. The fourth-order valence-electron chi connectivity index (χ4n) is 3.66. The molecule has 0 saturated carbocycles. The Labute approximate surface area is 178 Å². The fraction of sp³-hybridized carbons (Fsp3) is 0.286. The molecule has 2 aromatic rings. The van der Waals surface area contributed by atoms with Crippen LogP contribution in [0.4, 0.5) is 10.1 Å². The normalized spacial score (nSPS) is 23.5. The van der Waals surface area contributed by atoms with Crippen molar-refractivity contribution in [1.82, 2.24) is 0 Å². The fourth-order valence-corrected chi connectivity index (χ4v) is 7.60. The molecule has 2 aliphatic heterocycles. The highest BCUT2D eigenvalue weighted by Crippen LogP contribution is 2.41. The zero-order chi connectivity index (χ0) is 21.5. The molecule has 0 spiro atoms. The van der Waals surface area contributed by atoms with Gasteiger partial charge in [0.25, 0.3) is 5.91 Å². The van der Waals surface area contributed by atoms with E-state index in [0.717, 1.165) is 0 Å². The van der Waals surface area contributed by atoms with Crippen LogP contribution >= 0.6 is 11.8 Å². The predicted octanol–water partition coefficient (Wildman–Crippen LogP) is 2.87.